The standard InChI is InChI=1S/C16H28O4/c1-12-3-4-15(2,20-11-13-10-19-13)9-14(12)18-8-7-16(17)5-6-16/h12-14,17H,3-11H2,1-2H3. The molecule has 0 spiro atoms. The van der Waals surface area contributed by atoms with E-state index in [-0.39, 0.29) is 11.7 Å². The number of ether oxygens (including phenoxy) is 3. The molecule has 0 aromatic rings. The lowest BCUT2D eigenvalue weighted by Gasteiger charge is -2.41. The van der Waals surface area contributed by atoms with Gasteiger partial charge in [-0.15, -0.1) is 0 Å². The maximum absolute atomic E-state index is 9.86. The zero-order valence-corrected chi connectivity index (χ0v) is 12.8. The van der Waals surface area contributed by atoms with E-state index in [4.69, 9.17) is 14.2 Å². The molecule has 0 radical (unpaired) electrons. The molecule has 4 unspecified atom stereocenters. The van der Waals surface area contributed by atoms with Crippen molar-refractivity contribution >= 4 is 0 Å². The first kappa shape index (κ1) is 14.8. The van der Waals surface area contributed by atoms with E-state index in [0.29, 0.717) is 18.6 Å². The third-order valence-corrected chi connectivity index (χ3v) is 5.14. The predicted octanol–water partition coefficient (Wildman–Crippen LogP) is 2.28. The fourth-order valence-corrected chi connectivity index (χ4v) is 3.05. The van der Waals surface area contributed by atoms with Crippen molar-refractivity contribution in [2.24, 2.45) is 5.92 Å². The molecule has 4 nitrogen and oxygen atoms in total. The average Bonchev–Trinajstić information content (AvgIpc) is 3.30. The summed E-state index contributed by atoms with van der Waals surface area (Å²) >= 11 is 0. The molecule has 0 aromatic heterocycles. The summed E-state index contributed by atoms with van der Waals surface area (Å²) in [7, 11) is 0. The molecule has 2 aliphatic carbocycles. The maximum Gasteiger partial charge on any atom is 0.104 e. The van der Waals surface area contributed by atoms with Crippen LogP contribution in [0.2, 0.25) is 0 Å². The van der Waals surface area contributed by atoms with Crippen molar-refractivity contribution in [3.8, 4) is 0 Å². The Morgan fingerprint density at radius 1 is 1.30 bits per heavy atom. The molecule has 4 atom stereocenters. The van der Waals surface area contributed by atoms with Crippen LogP contribution in [0.5, 0.6) is 0 Å². The van der Waals surface area contributed by atoms with Crippen LogP contribution in [0, 0.1) is 5.92 Å². The molecule has 116 valence electrons. The number of hydrogen-bond acceptors (Lipinski definition) is 4. The molecular weight excluding hydrogens is 256 g/mol. The number of rotatable bonds is 7. The second kappa shape index (κ2) is 5.56. The van der Waals surface area contributed by atoms with E-state index in [1.807, 2.05) is 0 Å². The third-order valence-electron chi connectivity index (χ3n) is 5.14. The van der Waals surface area contributed by atoms with Gasteiger partial charge in [0.2, 0.25) is 0 Å². The van der Waals surface area contributed by atoms with Crippen LogP contribution in [0.15, 0.2) is 0 Å². The molecule has 3 rings (SSSR count). The van der Waals surface area contributed by atoms with Crippen LogP contribution in [0.4, 0.5) is 0 Å². The summed E-state index contributed by atoms with van der Waals surface area (Å²) in [5.41, 5.74) is -0.472. The predicted molar refractivity (Wildman–Crippen MR) is 75.7 cm³/mol. The van der Waals surface area contributed by atoms with Crippen molar-refractivity contribution in [2.45, 2.75) is 75.8 Å². The van der Waals surface area contributed by atoms with Gasteiger partial charge in [-0.1, -0.05) is 6.92 Å². The summed E-state index contributed by atoms with van der Waals surface area (Å²) in [6, 6.07) is 0. The summed E-state index contributed by atoms with van der Waals surface area (Å²) in [6.07, 6.45) is 6.47. The van der Waals surface area contributed by atoms with Crippen LogP contribution in [-0.2, 0) is 14.2 Å². The minimum atomic E-state index is -0.402. The van der Waals surface area contributed by atoms with Crippen molar-refractivity contribution in [3.63, 3.8) is 0 Å². The molecule has 3 fully saturated rings. The Labute approximate surface area is 121 Å². The topological polar surface area (TPSA) is 51.2 Å². The highest BCUT2D eigenvalue weighted by Crippen LogP contribution is 2.40. The largest absolute Gasteiger partial charge is 0.390 e. The normalized spacial score (nSPS) is 42.5. The Kier molecular flexibility index (Phi) is 4.10. The second-order valence-electron chi connectivity index (χ2n) is 7.32. The van der Waals surface area contributed by atoms with Gasteiger partial charge in [0.15, 0.2) is 0 Å². The highest BCUT2D eigenvalue weighted by atomic mass is 16.6. The minimum Gasteiger partial charge on any atom is -0.390 e. The fourth-order valence-electron chi connectivity index (χ4n) is 3.05. The Balaban J connectivity index is 1.44. The molecule has 0 amide bonds. The van der Waals surface area contributed by atoms with Gasteiger partial charge < -0.3 is 19.3 Å². The van der Waals surface area contributed by atoms with Gasteiger partial charge in [0, 0.05) is 13.0 Å². The molecule has 4 heteroatoms. The Morgan fingerprint density at radius 2 is 2.05 bits per heavy atom. The minimum absolute atomic E-state index is 0.0698. The van der Waals surface area contributed by atoms with Gasteiger partial charge in [-0.3, -0.25) is 0 Å². The van der Waals surface area contributed by atoms with Gasteiger partial charge in [-0.05, 0) is 44.9 Å². The lowest BCUT2D eigenvalue weighted by atomic mass is 9.78. The smallest absolute Gasteiger partial charge is 0.104 e. The highest BCUT2D eigenvalue weighted by molar-refractivity contribution is 4.93. The molecule has 1 heterocycles. The molecule has 20 heavy (non-hydrogen) atoms. The van der Waals surface area contributed by atoms with Crippen molar-refractivity contribution in [1.29, 1.82) is 0 Å². The van der Waals surface area contributed by atoms with Gasteiger partial charge >= 0.3 is 0 Å². The molecule has 2 saturated carbocycles. The highest BCUT2D eigenvalue weighted by Gasteiger charge is 2.41. The van der Waals surface area contributed by atoms with Crippen LogP contribution >= 0.6 is 0 Å². The maximum atomic E-state index is 9.86. The van der Waals surface area contributed by atoms with Crippen molar-refractivity contribution in [3.05, 3.63) is 0 Å². The van der Waals surface area contributed by atoms with Crippen LogP contribution in [0.25, 0.3) is 0 Å². The number of epoxide rings is 1. The quantitative estimate of drug-likeness (QED) is 0.729. The second-order valence-corrected chi connectivity index (χ2v) is 7.32. The molecule has 0 bridgehead atoms. The molecule has 1 saturated heterocycles. The molecule has 1 N–H and O–H groups in total. The van der Waals surface area contributed by atoms with E-state index in [0.717, 1.165) is 51.7 Å². The summed E-state index contributed by atoms with van der Waals surface area (Å²) < 4.78 is 17.4. The van der Waals surface area contributed by atoms with E-state index < -0.39 is 5.60 Å². The lowest BCUT2D eigenvalue weighted by molar-refractivity contribution is -0.124. The van der Waals surface area contributed by atoms with Crippen LogP contribution in [-0.4, -0.2) is 48.3 Å². The summed E-state index contributed by atoms with van der Waals surface area (Å²) in [6.45, 7) is 6.71. The van der Waals surface area contributed by atoms with Gasteiger partial charge in [0.1, 0.15) is 6.10 Å². The Bertz CT molecular complexity index is 337. The van der Waals surface area contributed by atoms with E-state index in [1.165, 1.54) is 0 Å². The lowest BCUT2D eigenvalue weighted by Crippen LogP contribution is -2.43. The first-order valence-electron chi connectivity index (χ1n) is 8.08. The fraction of sp³-hybridized carbons (Fsp3) is 1.00. The van der Waals surface area contributed by atoms with E-state index in [2.05, 4.69) is 13.8 Å². The van der Waals surface area contributed by atoms with Crippen molar-refractivity contribution in [2.75, 3.05) is 19.8 Å². The summed E-state index contributed by atoms with van der Waals surface area (Å²) in [4.78, 5) is 0. The Morgan fingerprint density at radius 3 is 2.70 bits per heavy atom. The molecule has 1 aliphatic heterocycles. The van der Waals surface area contributed by atoms with Gasteiger partial charge in [0.05, 0.1) is 30.5 Å². The van der Waals surface area contributed by atoms with Crippen molar-refractivity contribution in [1.82, 2.24) is 0 Å². The average molecular weight is 284 g/mol. The first-order valence-corrected chi connectivity index (χ1v) is 8.08. The van der Waals surface area contributed by atoms with E-state index in [9.17, 15) is 5.11 Å². The molecule has 3 aliphatic rings. The first-order chi connectivity index (χ1) is 9.48. The van der Waals surface area contributed by atoms with Crippen LogP contribution in [0.3, 0.4) is 0 Å². The van der Waals surface area contributed by atoms with Crippen LogP contribution in [0.1, 0.15) is 52.4 Å². The third kappa shape index (κ3) is 3.94. The van der Waals surface area contributed by atoms with Crippen LogP contribution < -0.4 is 0 Å². The van der Waals surface area contributed by atoms with Gasteiger partial charge in [0.25, 0.3) is 0 Å². The molecular formula is C16H28O4. The molecule has 0 aromatic carbocycles. The summed E-state index contributed by atoms with van der Waals surface area (Å²) in [5, 5.41) is 9.86. The SMILES string of the molecule is CC1CCC(C)(OCC2CO2)CC1OCCC1(O)CC1. The summed E-state index contributed by atoms with van der Waals surface area (Å²) in [5.74, 6) is 0.581. The van der Waals surface area contributed by atoms with Gasteiger partial charge in [-0.2, -0.15) is 0 Å². The zero-order chi connectivity index (χ0) is 14.2. The van der Waals surface area contributed by atoms with E-state index >= 15 is 0 Å². The van der Waals surface area contributed by atoms with E-state index in [1.54, 1.807) is 0 Å². The monoisotopic (exact) mass is 284 g/mol. The number of hydrogen-bond donors (Lipinski definition) is 1. The zero-order valence-electron chi connectivity index (χ0n) is 12.8. The Hall–Kier alpha value is -0.160. The number of aliphatic hydroxyl groups is 1. The van der Waals surface area contributed by atoms with Crippen molar-refractivity contribution < 1.29 is 19.3 Å². The van der Waals surface area contributed by atoms with Gasteiger partial charge in [-0.25, -0.2) is 0 Å².